The van der Waals surface area contributed by atoms with Crippen molar-refractivity contribution in [2.75, 3.05) is 11.9 Å². The van der Waals surface area contributed by atoms with Gasteiger partial charge in [-0.3, -0.25) is 10.1 Å². The molecule has 0 saturated heterocycles. The molecular weight excluding hydrogens is 480 g/mol. The first-order chi connectivity index (χ1) is 12.3. The lowest BCUT2D eigenvalue weighted by atomic mass is 10.1. The molecular formula is C19H20Br2N2O2S. The van der Waals surface area contributed by atoms with Crippen molar-refractivity contribution in [1.29, 1.82) is 0 Å². The highest BCUT2D eigenvalue weighted by Crippen LogP contribution is 2.24. The highest BCUT2D eigenvalue weighted by molar-refractivity contribution is 9.10. The van der Waals surface area contributed by atoms with Gasteiger partial charge in [0.05, 0.1) is 12.2 Å². The largest absolute Gasteiger partial charge is 0.493 e. The molecule has 2 aromatic rings. The number of rotatable bonds is 6. The summed E-state index contributed by atoms with van der Waals surface area (Å²) in [5.41, 5.74) is 1.23. The van der Waals surface area contributed by atoms with E-state index in [0.29, 0.717) is 23.8 Å². The van der Waals surface area contributed by atoms with Crippen molar-refractivity contribution in [3.63, 3.8) is 0 Å². The molecule has 0 aliphatic heterocycles. The van der Waals surface area contributed by atoms with Crippen LogP contribution in [0.3, 0.4) is 0 Å². The standard InChI is InChI=1S/C19H20Br2N2O2S/c1-12(2)9-10-25-17-8-5-14(21)11-16(17)18(24)23-19(26)22-15-6-3-13(20)4-7-15/h3-8,11-12H,9-10H2,1-2H3,(H2,22,23,24,26). The second kappa shape index (κ2) is 10.0. The van der Waals surface area contributed by atoms with Gasteiger partial charge in [-0.2, -0.15) is 0 Å². The molecule has 0 fully saturated rings. The molecule has 0 aliphatic rings. The van der Waals surface area contributed by atoms with Crippen molar-refractivity contribution in [3.05, 3.63) is 57.0 Å². The number of amides is 1. The number of anilines is 1. The Labute approximate surface area is 176 Å². The van der Waals surface area contributed by atoms with Gasteiger partial charge in [0, 0.05) is 14.6 Å². The average Bonchev–Trinajstić information content (AvgIpc) is 2.57. The Morgan fingerprint density at radius 1 is 1.12 bits per heavy atom. The Morgan fingerprint density at radius 3 is 2.42 bits per heavy atom. The molecule has 0 heterocycles. The predicted molar refractivity (Wildman–Crippen MR) is 117 cm³/mol. The summed E-state index contributed by atoms with van der Waals surface area (Å²) >= 11 is 12.0. The summed E-state index contributed by atoms with van der Waals surface area (Å²) in [4.78, 5) is 12.6. The van der Waals surface area contributed by atoms with Gasteiger partial charge in [0.1, 0.15) is 5.75 Å². The Bertz CT molecular complexity index is 780. The molecule has 2 rings (SSSR count). The van der Waals surface area contributed by atoms with E-state index in [0.717, 1.165) is 21.1 Å². The number of carbonyl (C=O) groups excluding carboxylic acids is 1. The SMILES string of the molecule is CC(C)CCOc1ccc(Br)cc1C(=O)NC(=S)Nc1ccc(Br)cc1. The highest BCUT2D eigenvalue weighted by Gasteiger charge is 2.15. The van der Waals surface area contributed by atoms with Crippen LogP contribution >= 0.6 is 44.1 Å². The second-order valence-corrected chi connectivity index (χ2v) is 8.33. The van der Waals surface area contributed by atoms with Crippen molar-refractivity contribution in [1.82, 2.24) is 5.32 Å². The van der Waals surface area contributed by atoms with Gasteiger partial charge in [0.15, 0.2) is 5.11 Å². The summed E-state index contributed by atoms with van der Waals surface area (Å²) in [7, 11) is 0. The van der Waals surface area contributed by atoms with E-state index < -0.39 is 0 Å². The average molecular weight is 500 g/mol. The Balaban J connectivity index is 2.04. The molecule has 4 nitrogen and oxygen atoms in total. The maximum absolute atomic E-state index is 12.6. The van der Waals surface area contributed by atoms with E-state index >= 15 is 0 Å². The van der Waals surface area contributed by atoms with E-state index in [1.807, 2.05) is 30.3 Å². The number of thiocarbonyl (C=S) groups is 1. The summed E-state index contributed by atoms with van der Waals surface area (Å²) in [6, 6.07) is 12.9. The fourth-order valence-corrected chi connectivity index (χ4v) is 2.91. The molecule has 0 bridgehead atoms. The smallest absolute Gasteiger partial charge is 0.261 e. The van der Waals surface area contributed by atoms with Crippen LogP contribution in [0.15, 0.2) is 51.4 Å². The first-order valence-corrected chi connectivity index (χ1v) is 10.1. The molecule has 0 unspecified atom stereocenters. The van der Waals surface area contributed by atoms with Crippen molar-refractivity contribution in [2.24, 2.45) is 5.92 Å². The first kappa shape index (κ1) is 20.9. The zero-order valence-corrected chi connectivity index (χ0v) is 18.5. The number of hydrogen-bond donors (Lipinski definition) is 2. The molecule has 26 heavy (non-hydrogen) atoms. The maximum Gasteiger partial charge on any atom is 0.261 e. The Morgan fingerprint density at radius 2 is 1.77 bits per heavy atom. The van der Waals surface area contributed by atoms with Crippen LogP contribution in [0, 0.1) is 5.92 Å². The van der Waals surface area contributed by atoms with Crippen LogP contribution in [0.25, 0.3) is 0 Å². The molecule has 2 N–H and O–H groups in total. The van der Waals surface area contributed by atoms with Gasteiger partial charge in [-0.1, -0.05) is 45.7 Å². The normalized spacial score (nSPS) is 10.5. The maximum atomic E-state index is 12.6. The molecule has 0 aromatic heterocycles. The minimum atomic E-state index is -0.319. The number of carbonyl (C=O) groups is 1. The lowest BCUT2D eigenvalue weighted by molar-refractivity contribution is 0.0973. The van der Waals surface area contributed by atoms with Crippen molar-refractivity contribution in [3.8, 4) is 5.75 Å². The van der Waals surface area contributed by atoms with Crippen LogP contribution in [0.4, 0.5) is 5.69 Å². The minimum Gasteiger partial charge on any atom is -0.493 e. The van der Waals surface area contributed by atoms with Gasteiger partial charge in [0.2, 0.25) is 0 Å². The van der Waals surface area contributed by atoms with Crippen LogP contribution in [0.1, 0.15) is 30.6 Å². The summed E-state index contributed by atoms with van der Waals surface area (Å²) < 4.78 is 7.55. The van der Waals surface area contributed by atoms with E-state index in [1.165, 1.54) is 0 Å². The van der Waals surface area contributed by atoms with Crippen molar-refractivity contribution < 1.29 is 9.53 Å². The lowest BCUT2D eigenvalue weighted by Crippen LogP contribution is -2.34. The van der Waals surface area contributed by atoms with E-state index in [1.54, 1.807) is 12.1 Å². The third-order valence-corrected chi connectivity index (χ3v) is 4.69. The van der Waals surface area contributed by atoms with Gasteiger partial charge in [-0.25, -0.2) is 0 Å². The summed E-state index contributed by atoms with van der Waals surface area (Å²) in [5.74, 6) is 0.753. The van der Waals surface area contributed by atoms with Crippen molar-refractivity contribution >= 4 is 60.8 Å². The number of hydrogen-bond acceptors (Lipinski definition) is 3. The molecule has 7 heteroatoms. The van der Waals surface area contributed by atoms with Crippen LogP contribution in [-0.2, 0) is 0 Å². The van der Waals surface area contributed by atoms with Crippen LogP contribution in [-0.4, -0.2) is 17.6 Å². The third kappa shape index (κ3) is 6.70. The minimum absolute atomic E-state index is 0.227. The lowest BCUT2D eigenvalue weighted by Gasteiger charge is -2.14. The molecule has 0 atom stereocenters. The summed E-state index contributed by atoms with van der Waals surface area (Å²) in [5, 5.41) is 5.91. The molecule has 0 spiro atoms. The molecule has 0 saturated carbocycles. The second-order valence-electron chi connectivity index (χ2n) is 6.09. The Hall–Kier alpha value is -1.44. The molecule has 0 radical (unpaired) electrons. The van der Waals surface area contributed by atoms with E-state index in [2.05, 4.69) is 56.3 Å². The monoisotopic (exact) mass is 498 g/mol. The first-order valence-electron chi connectivity index (χ1n) is 8.15. The van der Waals surface area contributed by atoms with Crippen LogP contribution in [0.2, 0.25) is 0 Å². The number of nitrogens with one attached hydrogen (secondary N) is 2. The fraction of sp³-hybridized carbons (Fsp3) is 0.263. The van der Waals surface area contributed by atoms with E-state index in [4.69, 9.17) is 17.0 Å². The van der Waals surface area contributed by atoms with Crippen LogP contribution < -0.4 is 15.4 Å². The van der Waals surface area contributed by atoms with Gasteiger partial charge < -0.3 is 10.1 Å². The summed E-state index contributed by atoms with van der Waals surface area (Å²) in [6.45, 7) is 4.82. The zero-order chi connectivity index (χ0) is 19.1. The molecule has 138 valence electrons. The highest BCUT2D eigenvalue weighted by atomic mass is 79.9. The molecule has 2 aromatic carbocycles. The molecule has 1 amide bonds. The van der Waals surface area contributed by atoms with Gasteiger partial charge >= 0.3 is 0 Å². The van der Waals surface area contributed by atoms with E-state index in [-0.39, 0.29) is 11.0 Å². The quantitative estimate of drug-likeness (QED) is 0.496. The van der Waals surface area contributed by atoms with Gasteiger partial charge in [0.25, 0.3) is 5.91 Å². The predicted octanol–water partition coefficient (Wildman–Crippen LogP) is 5.76. The zero-order valence-electron chi connectivity index (χ0n) is 14.5. The van der Waals surface area contributed by atoms with Gasteiger partial charge in [-0.05, 0) is 67.0 Å². The van der Waals surface area contributed by atoms with Gasteiger partial charge in [-0.15, -0.1) is 0 Å². The third-order valence-electron chi connectivity index (χ3n) is 3.47. The fourth-order valence-electron chi connectivity index (χ4n) is 2.08. The van der Waals surface area contributed by atoms with Crippen LogP contribution in [0.5, 0.6) is 5.75 Å². The summed E-state index contributed by atoms with van der Waals surface area (Å²) in [6.07, 6.45) is 0.917. The number of ether oxygens (including phenoxy) is 1. The number of halogens is 2. The topological polar surface area (TPSA) is 50.4 Å². The Kier molecular flexibility index (Phi) is 8.06. The van der Waals surface area contributed by atoms with E-state index in [9.17, 15) is 4.79 Å². The van der Waals surface area contributed by atoms with Crippen molar-refractivity contribution in [2.45, 2.75) is 20.3 Å². The number of benzene rings is 2. The molecule has 0 aliphatic carbocycles.